The molecule has 5 rings (SSSR count). The van der Waals surface area contributed by atoms with E-state index < -0.39 is 0 Å². The van der Waals surface area contributed by atoms with Crippen LogP contribution in [0.25, 0.3) is 20.8 Å². The highest BCUT2D eigenvalue weighted by molar-refractivity contribution is 7.21. The summed E-state index contributed by atoms with van der Waals surface area (Å²) in [5.74, 6) is 1.15. The first-order valence-corrected chi connectivity index (χ1v) is 11.8. The maximum absolute atomic E-state index is 9.55. The number of hydrogen-bond acceptors (Lipinski definition) is 7. The standard InChI is InChI=1S/C25H27N5OS/c1-15-9-19(10-16(2)27-15)29-24-12-22(28-18-8-7-17(11-18)14-31)20(13-26-24)25-30-21-5-3-4-6-23(21)32-25/h3-6,9-10,12-13,17-18,31H,7-8,11,14H2,1-2H3,(H2,26,27,28,29). The van der Waals surface area contributed by atoms with Crippen molar-refractivity contribution in [1.82, 2.24) is 15.0 Å². The molecule has 2 atom stereocenters. The number of rotatable bonds is 6. The molecule has 1 aliphatic rings. The maximum Gasteiger partial charge on any atom is 0.132 e. The molecule has 0 saturated heterocycles. The Labute approximate surface area is 191 Å². The summed E-state index contributed by atoms with van der Waals surface area (Å²) in [6, 6.07) is 14.6. The van der Waals surface area contributed by atoms with Crippen LogP contribution in [0.5, 0.6) is 0 Å². The summed E-state index contributed by atoms with van der Waals surface area (Å²) in [6.45, 7) is 4.24. The molecule has 32 heavy (non-hydrogen) atoms. The molecular weight excluding hydrogens is 418 g/mol. The second-order valence-electron chi connectivity index (χ2n) is 8.57. The van der Waals surface area contributed by atoms with Crippen LogP contribution in [0, 0.1) is 19.8 Å². The van der Waals surface area contributed by atoms with Crippen LogP contribution >= 0.6 is 11.3 Å². The van der Waals surface area contributed by atoms with Crippen molar-refractivity contribution >= 4 is 38.7 Å². The minimum atomic E-state index is 0.257. The van der Waals surface area contributed by atoms with Gasteiger partial charge in [0.1, 0.15) is 10.8 Å². The number of para-hydroxylation sites is 1. The third-order valence-electron chi connectivity index (χ3n) is 5.94. The Hall–Kier alpha value is -3.03. The first-order chi connectivity index (χ1) is 15.6. The number of aliphatic hydroxyl groups excluding tert-OH is 1. The summed E-state index contributed by atoms with van der Waals surface area (Å²) in [5.41, 5.74) is 5.95. The van der Waals surface area contributed by atoms with Gasteiger partial charge in [0, 0.05) is 47.7 Å². The van der Waals surface area contributed by atoms with E-state index in [0.717, 1.165) is 63.9 Å². The van der Waals surface area contributed by atoms with E-state index >= 15 is 0 Å². The molecule has 1 saturated carbocycles. The number of nitrogens with one attached hydrogen (secondary N) is 2. The molecule has 3 aromatic heterocycles. The largest absolute Gasteiger partial charge is 0.396 e. The van der Waals surface area contributed by atoms with Gasteiger partial charge >= 0.3 is 0 Å². The number of fused-ring (bicyclic) bond motifs is 1. The first kappa shape index (κ1) is 20.8. The van der Waals surface area contributed by atoms with Crippen LogP contribution in [-0.4, -0.2) is 32.7 Å². The molecule has 1 fully saturated rings. The lowest BCUT2D eigenvalue weighted by Crippen LogP contribution is -2.17. The Morgan fingerprint density at radius 1 is 1.06 bits per heavy atom. The molecule has 1 aliphatic carbocycles. The van der Waals surface area contributed by atoms with Crippen molar-refractivity contribution in [1.29, 1.82) is 0 Å². The molecule has 3 heterocycles. The summed E-state index contributed by atoms with van der Waals surface area (Å²) >= 11 is 1.68. The van der Waals surface area contributed by atoms with E-state index in [-0.39, 0.29) is 6.61 Å². The first-order valence-electron chi connectivity index (χ1n) is 11.0. The number of hydrogen-bond donors (Lipinski definition) is 3. The van der Waals surface area contributed by atoms with Gasteiger partial charge in [-0.15, -0.1) is 11.3 Å². The highest BCUT2D eigenvalue weighted by atomic mass is 32.1. The fourth-order valence-electron chi connectivity index (χ4n) is 4.45. The van der Waals surface area contributed by atoms with Crippen LogP contribution in [0.4, 0.5) is 17.2 Å². The zero-order valence-corrected chi connectivity index (χ0v) is 19.1. The van der Waals surface area contributed by atoms with Gasteiger partial charge in [-0.3, -0.25) is 4.98 Å². The van der Waals surface area contributed by atoms with E-state index in [2.05, 4.69) is 27.8 Å². The Kier molecular flexibility index (Phi) is 5.76. The summed E-state index contributed by atoms with van der Waals surface area (Å²) in [5, 5.41) is 17.7. The Morgan fingerprint density at radius 2 is 1.88 bits per heavy atom. The number of thiazole rings is 1. The van der Waals surface area contributed by atoms with Gasteiger partial charge in [-0.05, 0) is 63.3 Å². The van der Waals surface area contributed by atoms with E-state index in [4.69, 9.17) is 9.97 Å². The van der Waals surface area contributed by atoms with Gasteiger partial charge in [0.25, 0.3) is 0 Å². The average molecular weight is 446 g/mol. The minimum absolute atomic E-state index is 0.257. The highest BCUT2D eigenvalue weighted by Crippen LogP contribution is 2.37. The van der Waals surface area contributed by atoms with Crippen LogP contribution in [-0.2, 0) is 0 Å². The number of aryl methyl sites for hydroxylation is 2. The van der Waals surface area contributed by atoms with E-state index in [1.807, 2.05) is 50.4 Å². The van der Waals surface area contributed by atoms with Crippen LogP contribution in [0.3, 0.4) is 0 Å². The predicted molar refractivity (Wildman–Crippen MR) is 132 cm³/mol. The second-order valence-corrected chi connectivity index (χ2v) is 9.60. The zero-order chi connectivity index (χ0) is 22.1. The number of benzene rings is 1. The van der Waals surface area contributed by atoms with Crippen LogP contribution in [0.15, 0.2) is 48.7 Å². The van der Waals surface area contributed by atoms with Crippen LogP contribution in [0.2, 0.25) is 0 Å². The van der Waals surface area contributed by atoms with Crippen molar-refractivity contribution in [3.8, 4) is 10.6 Å². The SMILES string of the molecule is Cc1cc(Nc2cc(NC3CCC(CO)C3)c(-c3nc4ccccc4s3)cn2)cc(C)n1. The lowest BCUT2D eigenvalue weighted by molar-refractivity contribution is 0.229. The molecule has 0 radical (unpaired) electrons. The summed E-state index contributed by atoms with van der Waals surface area (Å²) in [7, 11) is 0. The molecule has 0 spiro atoms. The molecule has 3 N–H and O–H groups in total. The maximum atomic E-state index is 9.55. The summed E-state index contributed by atoms with van der Waals surface area (Å²) < 4.78 is 1.17. The second kappa shape index (κ2) is 8.84. The van der Waals surface area contributed by atoms with E-state index in [1.54, 1.807) is 11.3 Å². The fourth-order valence-corrected chi connectivity index (χ4v) is 5.44. The highest BCUT2D eigenvalue weighted by Gasteiger charge is 2.25. The van der Waals surface area contributed by atoms with Gasteiger partial charge in [-0.1, -0.05) is 12.1 Å². The number of aliphatic hydroxyl groups is 1. The van der Waals surface area contributed by atoms with Gasteiger partial charge < -0.3 is 15.7 Å². The van der Waals surface area contributed by atoms with E-state index in [1.165, 1.54) is 4.70 Å². The van der Waals surface area contributed by atoms with Crippen molar-refractivity contribution in [3.63, 3.8) is 0 Å². The Balaban J connectivity index is 1.50. The van der Waals surface area contributed by atoms with E-state index in [0.29, 0.717) is 12.0 Å². The average Bonchev–Trinajstić information content (AvgIpc) is 3.40. The molecule has 164 valence electrons. The molecule has 7 heteroatoms. The number of aromatic nitrogens is 3. The van der Waals surface area contributed by atoms with Crippen LogP contribution in [0.1, 0.15) is 30.7 Å². The lowest BCUT2D eigenvalue weighted by atomic mass is 10.1. The van der Waals surface area contributed by atoms with Gasteiger partial charge in [0.2, 0.25) is 0 Å². The van der Waals surface area contributed by atoms with Crippen molar-refractivity contribution < 1.29 is 5.11 Å². The third-order valence-corrected chi connectivity index (χ3v) is 7.01. The van der Waals surface area contributed by atoms with Crippen molar-refractivity contribution in [2.45, 2.75) is 39.2 Å². The molecule has 0 amide bonds. The minimum Gasteiger partial charge on any atom is -0.396 e. The third kappa shape index (κ3) is 4.45. The molecule has 0 aliphatic heterocycles. The molecular formula is C25H27N5OS. The zero-order valence-electron chi connectivity index (χ0n) is 18.3. The van der Waals surface area contributed by atoms with Gasteiger partial charge in [0.15, 0.2) is 0 Å². The van der Waals surface area contributed by atoms with Crippen molar-refractivity contribution in [2.75, 3.05) is 17.2 Å². The van der Waals surface area contributed by atoms with Gasteiger partial charge in [-0.25, -0.2) is 9.97 Å². The fraction of sp³-hybridized carbons (Fsp3) is 0.320. The normalized spacial score (nSPS) is 18.2. The molecule has 6 nitrogen and oxygen atoms in total. The van der Waals surface area contributed by atoms with Crippen molar-refractivity contribution in [3.05, 3.63) is 60.0 Å². The number of pyridine rings is 2. The lowest BCUT2D eigenvalue weighted by Gasteiger charge is -2.18. The summed E-state index contributed by atoms with van der Waals surface area (Å²) in [6.07, 6.45) is 4.99. The number of anilines is 3. The Bertz CT molecular complexity index is 1200. The topological polar surface area (TPSA) is 83.0 Å². The Morgan fingerprint density at radius 3 is 2.62 bits per heavy atom. The molecule has 1 aromatic carbocycles. The molecule has 2 unspecified atom stereocenters. The number of nitrogens with zero attached hydrogens (tertiary/aromatic N) is 3. The van der Waals surface area contributed by atoms with Gasteiger partial charge in [0.05, 0.1) is 15.8 Å². The van der Waals surface area contributed by atoms with Gasteiger partial charge in [-0.2, -0.15) is 0 Å². The smallest absolute Gasteiger partial charge is 0.132 e. The summed E-state index contributed by atoms with van der Waals surface area (Å²) in [4.78, 5) is 14.0. The van der Waals surface area contributed by atoms with E-state index in [9.17, 15) is 5.11 Å². The quantitative estimate of drug-likeness (QED) is 0.354. The van der Waals surface area contributed by atoms with Crippen LogP contribution < -0.4 is 10.6 Å². The monoisotopic (exact) mass is 445 g/mol. The predicted octanol–water partition coefficient (Wildman–Crippen LogP) is 5.69. The van der Waals surface area contributed by atoms with Crippen molar-refractivity contribution in [2.24, 2.45) is 5.92 Å². The molecule has 4 aromatic rings. The molecule has 0 bridgehead atoms.